The third-order valence-electron chi connectivity index (χ3n) is 3.86. The van der Waals surface area contributed by atoms with Gasteiger partial charge in [-0.1, -0.05) is 34.8 Å². The van der Waals surface area contributed by atoms with Crippen LogP contribution in [0.5, 0.6) is 0 Å². The predicted octanol–water partition coefficient (Wildman–Crippen LogP) is 6.00. The summed E-state index contributed by atoms with van der Waals surface area (Å²) >= 11 is 18.9. The Morgan fingerprint density at radius 1 is 0.867 bits per heavy atom. The molecule has 0 spiro atoms. The number of hydrogen-bond donors (Lipinski definition) is 2. The predicted molar refractivity (Wildman–Crippen MR) is 119 cm³/mol. The number of carbonyl (C=O) groups excluding carboxylic acids is 3. The van der Waals surface area contributed by atoms with Crippen LogP contribution in [0.1, 0.15) is 29.7 Å². The third kappa shape index (κ3) is 5.12. The minimum Gasteiger partial charge on any atom is -0.465 e. The van der Waals surface area contributed by atoms with Crippen LogP contribution in [0.3, 0.4) is 0 Å². The first kappa shape index (κ1) is 22.1. The molecule has 0 aliphatic heterocycles. The zero-order valence-corrected chi connectivity index (χ0v) is 18.4. The molecular weight excluding hydrogens is 471 g/mol. The molecule has 2 aromatic carbocycles. The highest BCUT2D eigenvalue weighted by Gasteiger charge is 2.21. The molecule has 1 heterocycles. The molecule has 3 rings (SSSR count). The van der Waals surface area contributed by atoms with Crippen LogP contribution in [0.25, 0.3) is 0 Å². The van der Waals surface area contributed by atoms with Crippen molar-refractivity contribution in [3.8, 4) is 0 Å². The zero-order valence-electron chi connectivity index (χ0n) is 15.3. The number of rotatable bonds is 5. The smallest absolute Gasteiger partial charge is 0.348 e. The second-order valence-corrected chi connectivity index (χ2v) is 8.22. The average molecular weight is 484 g/mol. The van der Waals surface area contributed by atoms with Gasteiger partial charge in [-0.3, -0.25) is 9.59 Å². The van der Waals surface area contributed by atoms with Crippen LogP contribution in [0, 0.1) is 0 Å². The van der Waals surface area contributed by atoms with E-state index < -0.39 is 17.8 Å². The second kappa shape index (κ2) is 9.49. The van der Waals surface area contributed by atoms with Crippen LogP contribution in [0.4, 0.5) is 11.4 Å². The number of anilines is 2. The molecule has 2 amide bonds. The molecule has 0 saturated heterocycles. The molecule has 0 aliphatic carbocycles. The summed E-state index contributed by atoms with van der Waals surface area (Å²) in [4.78, 5) is 37.4. The third-order valence-corrected chi connectivity index (χ3v) is 5.87. The van der Waals surface area contributed by atoms with E-state index in [1.807, 2.05) is 0 Å². The van der Waals surface area contributed by atoms with Gasteiger partial charge in [0.2, 0.25) is 0 Å². The van der Waals surface area contributed by atoms with E-state index in [-0.39, 0.29) is 26.0 Å². The number of thiophene rings is 1. The first-order valence-corrected chi connectivity index (χ1v) is 10.3. The molecule has 0 bridgehead atoms. The largest absolute Gasteiger partial charge is 0.465 e. The van der Waals surface area contributed by atoms with Gasteiger partial charge in [-0.05, 0) is 48.5 Å². The highest BCUT2D eigenvalue weighted by Crippen LogP contribution is 2.30. The molecule has 0 saturated carbocycles. The van der Waals surface area contributed by atoms with Crippen molar-refractivity contribution in [1.29, 1.82) is 0 Å². The minimum absolute atomic E-state index is 0.0963. The monoisotopic (exact) mass is 482 g/mol. The molecule has 2 N–H and O–H groups in total. The quantitative estimate of drug-likeness (QED) is 0.436. The average Bonchev–Trinajstić information content (AvgIpc) is 3.12. The highest BCUT2D eigenvalue weighted by atomic mass is 35.5. The van der Waals surface area contributed by atoms with Gasteiger partial charge in [-0.25, -0.2) is 4.79 Å². The van der Waals surface area contributed by atoms with Gasteiger partial charge in [-0.15, -0.1) is 11.3 Å². The Hall–Kier alpha value is -2.58. The molecule has 1 aromatic heterocycles. The fourth-order valence-electron chi connectivity index (χ4n) is 2.45. The van der Waals surface area contributed by atoms with Crippen molar-refractivity contribution < 1.29 is 19.1 Å². The molecule has 6 nitrogen and oxygen atoms in total. The summed E-state index contributed by atoms with van der Waals surface area (Å²) in [7, 11) is 1.23. The van der Waals surface area contributed by atoms with Crippen molar-refractivity contribution in [2.24, 2.45) is 0 Å². The number of benzene rings is 2. The number of nitrogens with one attached hydrogen (secondary N) is 2. The normalized spacial score (nSPS) is 10.4. The first-order chi connectivity index (χ1) is 14.3. The van der Waals surface area contributed by atoms with Crippen LogP contribution in [-0.4, -0.2) is 24.9 Å². The Kier molecular flexibility index (Phi) is 6.99. The van der Waals surface area contributed by atoms with Crippen molar-refractivity contribution in [3.05, 3.63) is 78.9 Å². The maximum absolute atomic E-state index is 12.8. The maximum Gasteiger partial charge on any atom is 0.348 e. The number of ether oxygens (including phenoxy) is 1. The molecule has 154 valence electrons. The lowest BCUT2D eigenvalue weighted by atomic mass is 10.1. The lowest BCUT2D eigenvalue weighted by Crippen LogP contribution is -2.18. The van der Waals surface area contributed by atoms with Gasteiger partial charge in [0.25, 0.3) is 11.8 Å². The molecule has 10 heteroatoms. The zero-order chi connectivity index (χ0) is 21.8. The Labute approximate surface area is 190 Å². The van der Waals surface area contributed by atoms with E-state index in [1.54, 1.807) is 24.3 Å². The number of hydrogen-bond acceptors (Lipinski definition) is 5. The van der Waals surface area contributed by atoms with E-state index in [2.05, 4.69) is 15.4 Å². The van der Waals surface area contributed by atoms with Crippen molar-refractivity contribution in [2.75, 3.05) is 17.7 Å². The van der Waals surface area contributed by atoms with E-state index in [1.165, 1.54) is 31.4 Å². The van der Waals surface area contributed by atoms with Gasteiger partial charge in [0, 0.05) is 15.7 Å². The van der Waals surface area contributed by atoms with Gasteiger partial charge in [0.05, 0.1) is 23.4 Å². The number of esters is 1. The number of carbonyl (C=O) groups is 3. The van der Waals surface area contributed by atoms with E-state index in [9.17, 15) is 14.4 Å². The number of amides is 2. The van der Waals surface area contributed by atoms with Gasteiger partial charge in [-0.2, -0.15) is 0 Å². The Balaban J connectivity index is 1.85. The van der Waals surface area contributed by atoms with Crippen molar-refractivity contribution in [3.63, 3.8) is 0 Å². The van der Waals surface area contributed by atoms with E-state index in [4.69, 9.17) is 34.8 Å². The second-order valence-electron chi connectivity index (χ2n) is 5.88. The lowest BCUT2D eigenvalue weighted by Gasteiger charge is -2.12. The molecular formula is C20H13Cl3N2O4S. The van der Waals surface area contributed by atoms with Crippen LogP contribution in [0.15, 0.2) is 48.5 Å². The van der Waals surface area contributed by atoms with Crippen LogP contribution < -0.4 is 10.6 Å². The van der Waals surface area contributed by atoms with Gasteiger partial charge in [0.1, 0.15) is 9.75 Å². The summed E-state index contributed by atoms with van der Waals surface area (Å²) in [6.45, 7) is 0. The van der Waals surface area contributed by atoms with Crippen LogP contribution in [-0.2, 0) is 4.74 Å². The molecule has 0 unspecified atom stereocenters. The van der Waals surface area contributed by atoms with Gasteiger partial charge < -0.3 is 15.4 Å². The topological polar surface area (TPSA) is 84.5 Å². The summed E-state index contributed by atoms with van der Waals surface area (Å²) in [6, 6.07) is 12.4. The molecule has 30 heavy (non-hydrogen) atoms. The lowest BCUT2D eigenvalue weighted by molar-refractivity contribution is 0.0606. The molecule has 3 aromatic rings. The van der Waals surface area contributed by atoms with E-state index in [0.717, 1.165) is 11.3 Å². The Morgan fingerprint density at radius 2 is 1.53 bits per heavy atom. The Bertz CT molecular complexity index is 1130. The van der Waals surface area contributed by atoms with Crippen molar-refractivity contribution >= 4 is 75.3 Å². The van der Waals surface area contributed by atoms with Crippen LogP contribution >= 0.6 is 46.1 Å². The molecule has 0 fully saturated rings. The van der Waals surface area contributed by atoms with Crippen molar-refractivity contribution in [1.82, 2.24) is 0 Å². The van der Waals surface area contributed by atoms with Gasteiger partial charge in [0.15, 0.2) is 0 Å². The summed E-state index contributed by atoms with van der Waals surface area (Å²) in [6.07, 6.45) is 0. The standard InChI is InChI=1S/C20H13Cl3N2O4S/c1-29-20(28)16-9-14(23)17(30-16)19(27)25-15-7-4-11(22)8-13(15)18(26)24-12-5-2-10(21)3-6-12/h2-9H,1H3,(H,24,26)(H,25,27). The van der Waals surface area contributed by atoms with E-state index in [0.29, 0.717) is 15.7 Å². The molecule has 0 atom stereocenters. The molecule has 0 aliphatic rings. The number of halogens is 3. The van der Waals surface area contributed by atoms with Crippen molar-refractivity contribution in [2.45, 2.75) is 0 Å². The first-order valence-electron chi connectivity index (χ1n) is 8.34. The maximum atomic E-state index is 12.8. The molecule has 0 radical (unpaired) electrons. The minimum atomic E-state index is -0.601. The van der Waals surface area contributed by atoms with Crippen LogP contribution in [0.2, 0.25) is 15.1 Å². The fourth-order valence-corrected chi connectivity index (χ4v) is 3.99. The highest BCUT2D eigenvalue weighted by molar-refractivity contribution is 7.16. The fraction of sp³-hybridized carbons (Fsp3) is 0.0500. The summed E-state index contributed by atoms with van der Waals surface area (Å²) < 4.78 is 4.64. The summed E-state index contributed by atoms with van der Waals surface area (Å²) in [5.41, 5.74) is 0.886. The van der Waals surface area contributed by atoms with E-state index >= 15 is 0 Å². The SMILES string of the molecule is COC(=O)c1cc(Cl)c(C(=O)Nc2ccc(Cl)cc2C(=O)Nc2ccc(Cl)cc2)s1. The summed E-state index contributed by atoms with van der Waals surface area (Å²) in [5.74, 6) is -1.67. The summed E-state index contributed by atoms with van der Waals surface area (Å²) in [5, 5.41) is 6.29. The Morgan fingerprint density at radius 3 is 2.20 bits per heavy atom. The van der Waals surface area contributed by atoms with Gasteiger partial charge >= 0.3 is 5.97 Å². The number of methoxy groups -OCH3 is 1.